The standard InChI is InChI=1S/C21H20ClN3O/c1-5-7-25-21(26)14(3)13(2)18-9-16(12-23)10-19(15(18)4)17-6-8-24-20(22)11-17/h5-6,8-11H,1,7H2,2-4H3,(H,25,26)/b14-13+. The van der Waals surface area contributed by atoms with E-state index in [0.717, 1.165) is 27.8 Å². The summed E-state index contributed by atoms with van der Waals surface area (Å²) in [6.07, 6.45) is 3.26. The van der Waals surface area contributed by atoms with E-state index in [1.807, 2.05) is 26.0 Å². The minimum atomic E-state index is -0.155. The first-order valence-electron chi connectivity index (χ1n) is 8.12. The molecule has 0 unspecified atom stereocenters. The first-order chi connectivity index (χ1) is 12.4. The van der Waals surface area contributed by atoms with E-state index < -0.39 is 0 Å². The predicted octanol–water partition coefficient (Wildman–Crippen LogP) is 4.68. The van der Waals surface area contributed by atoms with E-state index in [1.54, 1.807) is 31.3 Å². The molecule has 0 aliphatic carbocycles. The molecule has 5 heteroatoms. The highest BCUT2D eigenvalue weighted by atomic mass is 35.5. The second-order valence-electron chi connectivity index (χ2n) is 5.92. The molecule has 0 atom stereocenters. The van der Waals surface area contributed by atoms with E-state index >= 15 is 0 Å². The van der Waals surface area contributed by atoms with Gasteiger partial charge in [0, 0.05) is 18.3 Å². The van der Waals surface area contributed by atoms with Crippen molar-refractivity contribution >= 4 is 23.1 Å². The number of pyridine rings is 1. The van der Waals surface area contributed by atoms with Crippen LogP contribution in [0.1, 0.15) is 30.5 Å². The molecular weight excluding hydrogens is 346 g/mol. The number of amides is 1. The lowest BCUT2D eigenvalue weighted by molar-refractivity contribution is -0.117. The van der Waals surface area contributed by atoms with Crippen LogP contribution in [0.4, 0.5) is 0 Å². The van der Waals surface area contributed by atoms with E-state index in [2.05, 4.69) is 22.9 Å². The van der Waals surface area contributed by atoms with E-state index in [9.17, 15) is 10.1 Å². The van der Waals surface area contributed by atoms with Gasteiger partial charge in [0.05, 0.1) is 11.6 Å². The fourth-order valence-corrected chi connectivity index (χ4v) is 2.88. The average molecular weight is 366 g/mol. The molecule has 0 fully saturated rings. The van der Waals surface area contributed by atoms with Gasteiger partial charge < -0.3 is 5.32 Å². The van der Waals surface area contributed by atoms with Crippen molar-refractivity contribution in [2.45, 2.75) is 20.8 Å². The summed E-state index contributed by atoms with van der Waals surface area (Å²) in [7, 11) is 0. The van der Waals surface area contributed by atoms with Crippen molar-refractivity contribution in [2.75, 3.05) is 6.54 Å². The highest BCUT2D eigenvalue weighted by molar-refractivity contribution is 6.29. The molecule has 1 N–H and O–H groups in total. The molecule has 1 amide bonds. The summed E-state index contributed by atoms with van der Waals surface area (Å²) in [5.41, 5.74) is 5.54. The lowest BCUT2D eigenvalue weighted by atomic mass is 9.89. The topological polar surface area (TPSA) is 65.8 Å². The van der Waals surface area contributed by atoms with Crippen LogP contribution in [0.15, 0.2) is 48.7 Å². The number of rotatable bonds is 5. The Morgan fingerprint density at radius 3 is 2.73 bits per heavy atom. The van der Waals surface area contributed by atoms with Crippen LogP contribution >= 0.6 is 11.6 Å². The smallest absolute Gasteiger partial charge is 0.247 e. The quantitative estimate of drug-likeness (QED) is 0.475. The third kappa shape index (κ3) is 4.19. The Kier molecular flexibility index (Phi) is 6.32. The molecule has 132 valence electrons. The van der Waals surface area contributed by atoms with Gasteiger partial charge in [-0.25, -0.2) is 4.98 Å². The van der Waals surface area contributed by atoms with Gasteiger partial charge in [0.1, 0.15) is 5.15 Å². The third-order valence-corrected chi connectivity index (χ3v) is 4.50. The number of allylic oxidation sites excluding steroid dienone is 1. The van der Waals surface area contributed by atoms with Crippen LogP contribution in [0, 0.1) is 18.3 Å². The van der Waals surface area contributed by atoms with Gasteiger partial charge in [0.25, 0.3) is 0 Å². The van der Waals surface area contributed by atoms with Crippen molar-refractivity contribution in [2.24, 2.45) is 0 Å². The summed E-state index contributed by atoms with van der Waals surface area (Å²) >= 11 is 6.02. The Morgan fingerprint density at radius 2 is 2.12 bits per heavy atom. The van der Waals surface area contributed by atoms with E-state index in [-0.39, 0.29) is 5.91 Å². The number of aromatic nitrogens is 1. The van der Waals surface area contributed by atoms with Crippen LogP contribution in [-0.2, 0) is 4.79 Å². The lowest BCUT2D eigenvalue weighted by Gasteiger charge is -2.15. The fourth-order valence-electron chi connectivity index (χ4n) is 2.71. The van der Waals surface area contributed by atoms with Crippen LogP contribution in [0.2, 0.25) is 5.15 Å². The SMILES string of the molecule is C=CCNC(=O)/C(C)=C(\C)c1cc(C#N)cc(-c2ccnc(Cl)c2)c1C. The molecule has 4 nitrogen and oxygen atoms in total. The molecule has 0 saturated carbocycles. The van der Waals surface area contributed by atoms with E-state index in [0.29, 0.717) is 22.8 Å². The molecule has 1 aromatic heterocycles. The number of hydrogen-bond donors (Lipinski definition) is 1. The Bertz CT molecular complexity index is 939. The van der Waals surface area contributed by atoms with Crippen LogP contribution in [0.25, 0.3) is 16.7 Å². The molecule has 1 aromatic carbocycles. The average Bonchev–Trinajstić information content (AvgIpc) is 2.65. The summed E-state index contributed by atoms with van der Waals surface area (Å²) in [4.78, 5) is 16.3. The normalized spacial score (nSPS) is 11.3. The Hall–Kier alpha value is -2.90. The molecule has 0 saturated heterocycles. The maximum Gasteiger partial charge on any atom is 0.247 e. The summed E-state index contributed by atoms with van der Waals surface area (Å²) in [6.45, 7) is 9.63. The van der Waals surface area contributed by atoms with Gasteiger partial charge in [0.15, 0.2) is 0 Å². The molecule has 0 aliphatic rings. The van der Waals surface area contributed by atoms with Crippen molar-refractivity contribution in [3.8, 4) is 17.2 Å². The number of carbonyl (C=O) groups is 1. The highest BCUT2D eigenvalue weighted by Crippen LogP contribution is 2.32. The van der Waals surface area contributed by atoms with Crippen molar-refractivity contribution in [1.82, 2.24) is 10.3 Å². The highest BCUT2D eigenvalue weighted by Gasteiger charge is 2.15. The van der Waals surface area contributed by atoms with Crippen molar-refractivity contribution in [3.63, 3.8) is 0 Å². The van der Waals surface area contributed by atoms with Gasteiger partial charge in [-0.2, -0.15) is 5.26 Å². The summed E-state index contributed by atoms with van der Waals surface area (Å²) in [5, 5.41) is 12.6. The maximum absolute atomic E-state index is 12.3. The minimum absolute atomic E-state index is 0.155. The third-order valence-electron chi connectivity index (χ3n) is 4.29. The number of hydrogen-bond acceptors (Lipinski definition) is 3. The van der Waals surface area contributed by atoms with Crippen molar-refractivity contribution < 1.29 is 4.79 Å². The summed E-state index contributed by atoms with van der Waals surface area (Å²) < 4.78 is 0. The zero-order valence-corrected chi connectivity index (χ0v) is 15.8. The Labute approximate surface area is 158 Å². The van der Waals surface area contributed by atoms with Gasteiger partial charge in [-0.05, 0) is 72.9 Å². The lowest BCUT2D eigenvalue weighted by Crippen LogP contribution is -2.24. The first-order valence-corrected chi connectivity index (χ1v) is 8.50. The monoisotopic (exact) mass is 365 g/mol. The number of carbonyl (C=O) groups excluding carboxylic acids is 1. The van der Waals surface area contributed by atoms with E-state index in [4.69, 9.17) is 11.6 Å². The molecule has 0 aliphatic heterocycles. The van der Waals surface area contributed by atoms with Gasteiger partial charge in [-0.1, -0.05) is 17.7 Å². The Balaban J connectivity index is 2.63. The molecule has 2 rings (SSSR count). The second-order valence-corrected chi connectivity index (χ2v) is 6.31. The van der Waals surface area contributed by atoms with Gasteiger partial charge >= 0.3 is 0 Å². The number of benzene rings is 1. The van der Waals surface area contributed by atoms with Crippen LogP contribution in [0.5, 0.6) is 0 Å². The van der Waals surface area contributed by atoms with Crippen LogP contribution in [0.3, 0.4) is 0 Å². The fraction of sp³-hybridized carbons (Fsp3) is 0.190. The molecule has 1 heterocycles. The van der Waals surface area contributed by atoms with Crippen LogP contribution < -0.4 is 5.32 Å². The molecule has 0 radical (unpaired) electrons. The maximum atomic E-state index is 12.3. The van der Waals surface area contributed by atoms with Crippen molar-refractivity contribution in [3.05, 3.63) is 70.5 Å². The number of nitrogens with one attached hydrogen (secondary N) is 1. The zero-order valence-electron chi connectivity index (χ0n) is 15.1. The van der Waals surface area contributed by atoms with Gasteiger partial charge in [-0.15, -0.1) is 6.58 Å². The largest absolute Gasteiger partial charge is 0.349 e. The number of halogens is 1. The van der Waals surface area contributed by atoms with Crippen LogP contribution in [-0.4, -0.2) is 17.4 Å². The zero-order chi connectivity index (χ0) is 19.3. The number of nitriles is 1. The van der Waals surface area contributed by atoms with Gasteiger partial charge in [-0.3, -0.25) is 4.79 Å². The second kappa shape index (κ2) is 8.46. The molecule has 0 bridgehead atoms. The molecule has 26 heavy (non-hydrogen) atoms. The molecule has 2 aromatic rings. The predicted molar refractivity (Wildman–Crippen MR) is 106 cm³/mol. The summed E-state index contributed by atoms with van der Waals surface area (Å²) in [5.74, 6) is -0.155. The summed E-state index contributed by atoms with van der Waals surface area (Å²) in [6, 6.07) is 9.43. The molecule has 0 spiro atoms. The van der Waals surface area contributed by atoms with Gasteiger partial charge in [0.2, 0.25) is 5.91 Å². The number of nitrogens with zero attached hydrogens (tertiary/aromatic N) is 2. The molecular formula is C21H20ClN3O. The van der Waals surface area contributed by atoms with Crippen molar-refractivity contribution in [1.29, 1.82) is 5.26 Å². The Morgan fingerprint density at radius 1 is 1.38 bits per heavy atom. The van der Waals surface area contributed by atoms with E-state index in [1.165, 1.54) is 0 Å². The minimum Gasteiger partial charge on any atom is -0.349 e. The first kappa shape index (κ1) is 19.4.